The van der Waals surface area contributed by atoms with Gasteiger partial charge in [0.25, 0.3) is 5.91 Å². The predicted octanol–water partition coefficient (Wildman–Crippen LogP) is 0.368. The Bertz CT molecular complexity index is 569. The van der Waals surface area contributed by atoms with Gasteiger partial charge < -0.3 is 5.32 Å². The minimum Gasteiger partial charge on any atom is -0.351 e. The van der Waals surface area contributed by atoms with E-state index in [4.69, 9.17) is 0 Å². The molecular weight excluding hydrogens is 261 g/mol. The first kappa shape index (κ1) is 13.0. The number of carbonyl (C=O) groups excluding carboxylic acids is 1. The smallest absolute Gasteiger partial charge is 0.269 e. The van der Waals surface area contributed by atoms with Crippen LogP contribution in [0.25, 0.3) is 5.70 Å². The van der Waals surface area contributed by atoms with Gasteiger partial charge in [-0.2, -0.15) is 4.39 Å². The normalized spacial score (nSPS) is 22.3. The van der Waals surface area contributed by atoms with Gasteiger partial charge in [-0.15, -0.1) is 0 Å². The summed E-state index contributed by atoms with van der Waals surface area (Å²) >= 11 is 0. The fourth-order valence-corrected chi connectivity index (χ4v) is 2.46. The number of hydrogen-bond donors (Lipinski definition) is 3. The minimum atomic E-state index is -0.537. The van der Waals surface area contributed by atoms with Crippen molar-refractivity contribution in [3.05, 3.63) is 35.4 Å². The van der Waals surface area contributed by atoms with Crippen molar-refractivity contribution >= 4 is 11.6 Å². The van der Waals surface area contributed by atoms with Crippen LogP contribution in [-0.4, -0.2) is 28.9 Å². The number of halogens is 1. The maximum absolute atomic E-state index is 13.0. The molecule has 3 heterocycles. The lowest BCUT2D eigenvalue weighted by molar-refractivity contribution is -0.132. The molecule has 1 fully saturated rings. The van der Waals surface area contributed by atoms with Gasteiger partial charge in [-0.25, -0.2) is 15.4 Å². The van der Waals surface area contributed by atoms with Crippen molar-refractivity contribution in [3.8, 4) is 0 Å². The number of fused-ring (bicyclic) bond motifs is 1. The van der Waals surface area contributed by atoms with Crippen LogP contribution in [0.5, 0.6) is 0 Å². The molecule has 7 heteroatoms. The molecule has 2 aliphatic heterocycles. The maximum atomic E-state index is 13.0. The molecule has 1 unspecified atom stereocenters. The molecule has 6 nitrogen and oxygen atoms in total. The lowest BCUT2D eigenvalue weighted by atomic mass is 9.95. The van der Waals surface area contributed by atoms with Gasteiger partial charge in [-0.1, -0.05) is 13.8 Å². The van der Waals surface area contributed by atoms with Crippen LogP contribution in [0.2, 0.25) is 0 Å². The Balaban J connectivity index is 2.08. The van der Waals surface area contributed by atoms with Gasteiger partial charge in [0.2, 0.25) is 5.95 Å². The molecule has 3 rings (SSSR count). The van der Waals surface area contributed by atoms with Crippen LogP contribution in [0.3, 0.4) is 0 Å². The Hall–Kier alpha value is -1.99. The number of hydrogen-bond acceptors (Lipinski definition) is 5. The summed E-state index contributed by atoms with van der Waals surface area (Å²) < 4.78 is 13.0. The molecule has 2 aliphatic rings. The highest BCUT2D eigenvalue weighted by Gasteiger charge is 2.38. The summed E-state index contributed by atoms with van der Waals surface area (Å²) in [7, 11) is 0. The van der Waals surface area contributed by atoms with E-state index in [1.54, 1.807) is 6.07 Å². The van der Waals surface area contributed by atoms with Crippen LogP contribution >= 0.6 is 0 Å². The van der Waals surface area contributed by atoms with E-state index in [2.05, 4.69) is 21.0 Å². The maximum Gasteiger partial charge on any atom is 0.269 e. The molecule has 0 saturated carbocycles. The summed E-state index contributed by atoms with van der Waals surface area (Å²) in [4.78, 5) is 16.2. The first-order valence-electron chi connectivity index (χ1n) is 6.51. The van der Waals surface area contributed by atoms with E-state index in [-0.39, 0.29) is 18.1 Å². The van der Waals surface area contributed by atoms with Crippen molar-refractivity contribution in [1.82, 2.24) is 26.1 Å². The lowest BCUT2D eigenvalue weighted by Crippen LogP contribution is -2.56. The summed E-state index contributed by atoms with van der Waals surface area (Å²) in [6.07, 6.45) is 1.14. The Morgan fingerprint density at radius 2 is 2.25 bits per heavy atom. The van der Waals surface area contributed by atoms with Crippen molar-refractivity contribution in [2.24, 2.45) is 5.92 Å². The quantitative estimate of drug-likeness (QED) is 0.681. The van der Waals surface area contributed by atoms with Gasteiger partial charge in [0, 0.05) is 17.3 Å². The van der Waals surface area contributed by atoms with Crippen LogP contribution in [0.1, 0.15) is 19.4 Å². The van der Waals surface area contributed by atoms with Gasteiger partial charge in [0.05, 0.1) is 12.4 Å². The molecule has 1 aromatic heterocycles. The Morgan fingerprint density at radius 1 is 1.45 bits per heavy atom. The van der Waals surface area contributed by atoms with Gasteiger partial charge in [-0.3, -0.25) is 10.1 Å². The number of hydrazine groups is 1. The number of nitrogens with one attached hydrogen (secondary N) is 3. The third-order valence-corrected chi connectivity index (χ3v) is 3.40. The van der Waals surface area contributed by atoms with E-state index in [1.165, 1.54) is 17.3 Å². The van der Waals surface area contributed by atoms with Crippen molar-refractivity contribution in [2.45, 2.75) is 20.1 Å². The fraction of sp³-hybridized carbons (Fsp3) is 0.385. The van der Waals surface area contributed by atoms with E-state index in [0.29, 0.717) is 23.5 Å². The standard InChI is InChI=1S/C13H16FN5O/c1-7(2)10-11(8-3-4-9(14)15-5-8)18-13-16-6-17-19(13)12(10)20/h3-5,7,13,16-18H,6H2,1-2H3. The zero-order valence-electron chi connectivity index (χ0n) is 11.3. The van der Waals surface area contributed by atoms with Gasteiger partial charge in [-0.05, 0) is 18.1 Å². The van der Waals surface area contributed by atoms with E-state index in [0.717, 1.165) is 0 Å². The highest BCUT2D eigenvalue weighted by molar-refractivity contribution is 6.02. The molecule has 1 aromatic rings. The first-order valence-corrected chi connectivity index (χ1v) is 6.51. The number of amides is 1. The third-order valence-electron chi connectivity index (χ3n) is 3.40. The zero-order chi connectivity index (χ0) is 14.3. The van der Waals surface area contributed by atoms with E-state index < -0.39 is 5.95 Å². The van der Waals surface area contributed by atoms with Crippen molar-refractivity contribution in [1.29, 1.82) is 0 Å². The van der Waals surface area contributed by atoms with Crippen LogP contribution in [0.4, 0.5) is 4.39 Å². The number of rotatable bonds is 2. The fourth-order valence-electron chi connectivity index (χ4n) is 2.46. The number of pyridine rings is 1. The van der Waals surface area contributed by atoms with Crippen LogP contribution in [0.15, 0.2) is 23.9 Å². The molecule has 20 heavy (non-hydrogen) atoms. The van der Waals surface area contributed by atoms with E-state index >= 15 is 0 Å². The number of nitrogens with zero attached hydrogens (tertiary/aromatic N) is 2. The molecule has 0 aliphatic carbocycles. The third kappa shape index (κ3) is 2.04. The van der Waals surface area contributed by atoms with E-state index in [1.807, 2.05) is 13.8 Å². The molecule has 0 bridgehead atoms. The molecule has 0 aromatic carbocycles. The predicted molar refractivity (Wildman–Crippen MR) is 70.9 cm³/mol. The molecule has 1 saturated heterocycles. The van der Waals surface area contributed by atoms with Gasteiger partial charge in [0.1, 0.15) is 0 Å². The zero-order valence-corrected chi connectivity index (χ0v) is 11.3. The summed E-state index contributed by atoms with van der Waals surface area (Å²) in [6, 6.07) is 2.91. The SMILES string of the molecule is CC(C)C1=C(c2ccc(F)nc2)NC2NCNN2C1=O. The molecule has 106 valence electrons. The van der Waals surface area contributed by atoms with Crippen LogP contribution in [-0.2, 0) is 4.79 Å². The Morgan fingerprint density at radius 3 is 2.90 bits per heavy atom. The van der Waals surface area contributed by atoms with Crippen molar-refractivity contribution in [3.63, 3.8) is 0 Å². The minimum absolute atomic E-state index is 0.0402. The second-order valence-electron chi connectivity index (χ2n) is 5.07. The monoisotopic (exact) mass is 277 g/mol. The topological polar surface area (TPSA) is 69.3 Å². The van der Waals surface area contributed by atoms with Crippen molar-refractivity contribution < 1.29 is 9.18 Å². The second-order valence-corrected chi connectivity index (χ2v) is 5.07. The summed E-state index contributed by atoms with van der Waals surface area (Å²) in [5.74, 6) is -0.573. The molecule has 1 amide bonds. The summed E-state index contributed by atoms with van der Waals surface area (Å²) in [5.41, 5.74) is 5.04. The summed E-state index contributed by atoms with van der Waals surface area (Å²) in [6.45, 7) is 4.43. The largest absolute Gasteiger partial charge is 0.351 e. The molecular formula is C13H16FN5O. The second kappa shape index (κ2) is 4.84. The van der Waals surface area contributed by atoms with Crippen LogP contribution < -0.4 is 16.1 Å². The molecule has 0 spiro atoms. The van der Waals surface area contributed by atoms with Gasteiger partial charge in [0.15, 0.2) is 6.29 Å². The Labute approximate surface area is 116 Å². The van der Waals surface area contributed by atoms with E-state index in [9.17, 15) is 9.18 Å². The average Bonchev–Trinajstić information content (AvgIpc) is 2.87. The van der Waals surface area contributed by atoms with Crippen molar-refractivity contribution in [2.75, 3.05) is 6.67 Å². The highest BCUT2D eigenvalue weighted by Crippen LogP contribution is 2.28. The number of carbonyl (C=O) groups is 1. The Kier molecular flexibility index (Phi) is 3.15. The summed E-state index contributed by atoms with van der Waals surface area (Å²) in [5, 5.41) is 7.91. The first-order chi connectivity index (χ1) is 9.58. The molecule has 0 radical (unpaired) electrons. The number of aromatic nitrogens is 1. The van der Waals surface area contributed by atoms with Gasteiger partial charge >= 0.3 is 0 Å². The average molecular weight is 277 g/mol. The molecule has 1 atom stereocenters. The lowest BCUT2D eigenvalue weighted by Gasteiger charge is -2.34. The molecule has 3 N–H and O–H groups in total. The highest BCUT2D eigenvalue weighted by atomic mass is 19.1. The van der Waals surface area contributed by atoms with Crippen LogP contribution in [0, 0.1) is 11.9 Å².